The molecule has 0 heterocycles. The highest BCUT2D eigenvalue weighted by Gasteiger charge is 2.09. The van der Waals surface area contributed by atoms with E-state index in [-0.39, 0.29) is 11.4 Å². The Labute approximate surface area is 92.7 Å². The molecule has 0 spiro atoms. The van der Waals surface area contributed by atoms with E-state index in [1.807, 2.05) is 13.0 Å². The van der Waals surface area contributed by atoms with Crippen LogP contribution in [-0.4, -0.2) is 0 Å². The van der Waals surface area contributed by atoms with Crippen LogP contribution < -0.4 is 0 Å². The van der Waals surface area contributed by atoms with Crippen LogP contribution in [0, 0.1) is 25.1 Å². The Hall–Kier alpha value is -1.52. The maximum atomic E-state index is 13.4. The third-order valence-electron chi connectivity index (χ3n) is 2.43. The van der Waals surface area contributed by atoms with Gasteiger partial charge >= 0.3 is 0 Å². The molecule has 0 N–H and O–H groups in total. The Kier molecular flexibility index (Phi) is 2.38. The van der Waals surface area contributed by atoms with Crippen LogP contribution in [0.1, 0.15) is 11.1 Å². The van der Waals surface area contributed by atoms with Crippen molar-refractivity contribution in [2.45, 2.75) is 6.92 Å². The van der Waals surface area contributed by atoms with Gasteiger partial charge in [-0.15, -0.1) is 6.42 Å². The Balaban J connectivity index is 3.05. The zero-order valence-electron chi connectivity index (χ0n) is 8.14. The summed E-state index contributed by atoms with van der Waals surface area (Å²) >= 11 is 6.02. The molecule has 2 aromatic rings. The Morgan fingerprint density at radius 2 is 2.00 bits per heavy atom. The van der Waals surface area contributed by atoms with E-state index in [1.54, 1.807) is 12.1 Å². The Bertz CT molecular complexity index is 579. The first-order valence-electron chi connectivity index (χ1n) is 4.49. The van der Waals surface area contributed by atoms with Crippen molar-refractivity contribution in [1.82, 2.24) is 0 Å². The Morgan fingerprint density at radius 3 is 2.67 bits per heavy atom. The van der Waals surface area contributed by atoms with E-state index < -0.39 is 0 Å². The van der Waals surface area contributed by atoms with E-state index in [0.29, 0.717) is 5.02 Å². The molecule has 15 heavy (non-hydrogen) atoms. The summed E-state index contributed by atoms with van der Waals surface area (Å²) in [6.07, 6.45) is 5.30. The molecule has 2 aromatic carbocycles. The number of hydrogen-bond donors (Lipinski definition) is 0. The van der Waals surface area contributed by atoms with Crippen LogP contribution in [-0.2, 0) is 0 Å². The predicted octanol–water partition coefficient (Wildman–Crippen LogP) is 3.92. The molecule has 0 bridgehead atoms. The Morgan fingerprint density at radius 1 is 1.27 bits per heavy atom. The first-order valence-corrected chi connectivity index (χ1v) is 4.87. The third-order valence-corrected chi connectivity index (χ3v) is 2.76. The number of fused-ring (bicyclic) bond motifs is 1. The molecule has 0 saturated heterocycles. The zero-order chi connectivity index (χ0) is 11.0. The molecule has 0 aliphatic heterocycles. The van der Waals surface area contributed by atoms with E-state index in [4.69, 9.17) is 18.0 Å². The molecule has 0 atom stereocenters. The molecule has 0 aliphatic carbocycles. The van der Waals surface area contributed by atoms with Crippen molar-refractivity contribution < 1.29 is 4.39 Å². The monoisotopic (exact) mass is 218 g/mol. The van der Waals surface area contributed by atoms with Crippen LogP contribution in [0.5, 0.6) is 0 Å². The van der Waals surface area contributed by atoms with Gasteiger partial charge in [-0.05, 0) is 30.7 Å². The maximum Gasteiger partial charge on any atom is 0.139 e. The molecule has 0 saturated carbocycles. The lowest BCUT2D eigenvalue weighted by Gasteiger charge is -2.07. The number of halogens is 2. The first kappa shape index (κ1) is 10.0. The maximum absolute atomic E-state index is 13.4. The molecular formula is C13H8ClF. The normalized spacial score (nSPS) is 10.3. The van der Waals surface area contributed by atoms with Crippen molar-refractivity contribution in [1.29, 1.82) is 0 Å². The molecule has 0 aromatic heterocycles. The van der Waals surface area contributed by atoms with Gasteiger partial charge in [-0.1, -0.05) is 23.6 Å². The van der Waals surface area contributed by atoms with Gasteiger partial charge in [0.25, 0.3) is 0 Å². The molecule has 0 radical (unpaired) electrons. The van der Waals surface area contributed by atoms with Crippen LogP contribution in [0.3, 0.4) is 0 Å². The average molecular weight is 219 g/mol. The van der Waals surface area contributed by atoms with Gasteiger partial charge in [0.15, 0.2) is 0 Å². The molecular weight excluding hydrogens is 211 g/mol. The third kappa shape index (κ3) is 1.48. The van der Waals surface area contributed by atoms with Crippen molar-refractivity contribution >= 4 is 22.4 Å². The molecule has 0 fully saturated rings. The highest BCUT2D eigenvalue weighted by atomic mass is 35.5. The predicted molar refractivity (Wildman–Crippen MR) is 61.6 cm³/mol. The average Bonchev–Trinajstić information content (AvgIpc) is 2.23. The smallest absolute Gasteiger partial charge is 0.139 e. The summed E-state index contributed by atoms with van der Waals surface area (Å²) in [5.41, 5.74) is 1.22. The number of terminal acetylenes is 1. The zero-order valence-corrected chi connectivity index (χ0v) is 8.90. The summed E-state index contributed by atoms with van der Waals surface area (Å²) in [5.74, 6) is 1.99. The summed E-state index contributed by atoms with van der Waals surface area (Å²) in [6.45, 7) is 1.89. The summed E-state index contributed by atoms with van der Waals surface area (Å²) in [5, 5.41) is 2.11. The lowest BCUT2D eigenvalue weighted by atomic mass is 10.00. The standard InChI is InChI=1S/C13H8ClF/c1-3-9-12(15)7-5-10-11(14)6-4-8(2)13(9)10/h1,4-7H,2H3. The van der Waals surface area contributed by atoms with Gasteiger partial charge in [-0.25, -0.2) is 4.39 Å². The van der Waals surface area contributed by atoms with Gasteiger partial charge in [0.2, 0.25) is 0 Å². The van der Waals surface area contributed by atoms with Gasteiger partial charge in [-0.3, -0.25) is 0 Å². The largest absolute Gasteiger partial charge is 0.206 e. The second-order valence-electron chi connectivity index (χ2n) is 3.35. The van der Waals surface area contributed by atoms with Crippen molar-refractivity contribution in [2.75, 3.05) is 0 Å². The summed E-state index contributed by atoms with van der Waals surface area (Å²) in [6, 6.07) is 6.63. The molecule has 2 heteroatoms. The fourth-order valence-electron chi connectivity index (χ4n) is 1.70. The fraction of sp³-hybridized carbons (Fsp3) is 0.0769. The number of hydrogen-bond acceptors (Lipinski definition) is 0. The van der Waals surface area contributed by atoms with Crippen LogP contribution in [0.4, 0.5) is 4.39 Å². The van der Waals surface area contributed by atoms with Crippen molar-refractivity contribution in [3.63, 3.8) is 0 Å². The number of benzene rings is 2. The quantitative estimate of drug-likeness (QED) is 0.588. The molecule has 0 nitrogen and oxygen atoms in total. The topological polar surface area (TPSA) is 0 Å². The van der Waals surface area contributed by atoms with Crippen molar-refractivity contribution in [3.05, 3.63) is 46.2 Å². The minimum atomic E-state index is -0.379. The summed E-state index contributed by atoms with van der Waals surface area (Å²) in [7, 11) is 0. The molecule has 0 unspecified atom stereocenters. The van der Waals surface area contributed by atoms with Crippen molar-refractivity contribution in [3.8, 4) is 12.3 Å². The van der Waals surface area contributed by atoms with Gasteiger partial charge in [-0.2, -0.15) is 0 Å². The fourth-order valence-corrected chi connectivity index (χ4v) is 1.92. The SMILES string of the molecule is C#Cc1c(F)ccc2c(Cl)ccc(C)c12. The van der Waals surface area contributed by atoms with Gasteiger partial charge in [0, 0.05) is 15.8 Å². The van der Waals surface area contributed by atoms with E-state index >= 15 is 0 Å². The lowest BCUT2D eigenvalue weighted by Crippen LogP contribution is -1.89. The van der Waals surface area contributed by atoms with Crippen LogP contribution in [0.2, 0.25) is 5.02 Å². The highest BCUT2D eigenvalue weighted by molar-refractivity contribution is 6.35. The molecule has 74 valence electrons. The number of rotatable bonds is 0. The second-order valence-corrected chi connectivity index (χ2v) is 3.76. The van der Waals surface area contributed by atoms with E-state index in [1.165, 1.54) is 6.07 Å². The van der Waals surface area contributed by atoms with Crippen LogP contribution >= 0.6 is 11.6 Å². The van der Waals surface area contributed by atoms with Crippen LogP contribution in [0.15, 0.2) is 24.3 Å². The minimum absolute atomic E-state index is 0.285. The number of aryl methyl sites for hydroxylation is 1. The molecule has 2 rings (SSSR count). The second kappa shape index (κ2) is 3.56. The van der Waals surface area contributed by atoms with Gasteiger partial charge < -0.3 is 0 Å². The van der Waals surface area contributed by atoms with Crippen LogP contribution in [0.25, 0.3) is 10.8 Å². The van der Waals surface area contributed by atoms with Gasteiger partial charge in [0.1, 0.15) is 5.82 Å². The highest BCUT2D eigenvalue weighted by Crippen LogP contribution is 2.30. The molecule has 0 amide bonds. The first-order chi connectivity index (χ1) is 7.15. The van der Waals surface area contributed by atoms with Gasteiger partial charge in [0.05, 0.1) is 5.56 Å². The molecule has 0 aliphatic rings. The van der Waals surface area contributed by atoms with Crippen molar-refractivity contribution in [2.24, 2.45) is 0 Å². The lowest BCUT2D eigenvalue weighted by molar-refractivity contribution is 0.626. The van der Waals surface area contributed by atoms with E-state index in [9.17, 15) is 4.39 Å². The summed E-state index contributed by atoms with van der Waals surface area (Å²) in [4.78, 5) is 0. The minimum Gasteiger partial charge on any atom is -0.206 e. The van der Waals surface area contributed by atoms with E-state index in [0.717, 1.165) is 16.3 Å². The summed E-state index contributed by atoms with van der Waals surface area (Å²) < 4.78 is 13.4. The van der Waals surface area contributed by atoms with E-state index in [2.05, 4.69) is 5.92 Å².